The zero-order valence-electron chi connectivity index (χ0n) is 10.8. The van der Waals surface area contributed by atoms with E-state index < -0.39 is 0 Å². The fraction of sp³-hybridized carbons (Fsp3) is 0.750. The van der Waals surface area contributed by atoms with Gasteiger partial charge in [0.25, 0.3) is 0 Å². The number of thiazole rings is 1. The molecule has 1 saturated heterocycles. The molecule has 1 aromatic heterocycles. The number of anilines is 1. The van der Waals surface area contributed by atoms with Gasteiger partial charge in [-0.1, -0.05) is 0 Å². The Morgan fingerprint density at radius 1 is 1.65 bits per heavy atom. The van der Waals surface area contributed by atoms with E-state index in [-0.39, 0.29) is 5.60 Å². The van der Waals surface area contributed by atoms with Gasteiger partial charge in [0.2, 0.25) is 0 Å². The summed E-state index contributed by atoms with van der Waals surface area (Å²) in [7, 11) is 3.75. The van der Waals surface area contributed by atoms with Crippen molar-refractivity contribution in [2.75, 3.05) is 32.1 Å². The highest BCUT2D eigenvalue weighted by molar-refractivity contribution is 7.13. The van der Waals surface area contributed by atoms with Crippen LogP contribution in [0.3, 0.4) is 0 Å². The van der Waals surface area contributed by atoms with Gasteiger partial charge in [-0.2, -0.15) is 0 Å². The van der Waals surface area contributed by atoms with Crippen LogP contribution in [0.25, 0.3) is 0 Å². The van der Waals surface area contributed by atoms with Crippen LogP contribution < -0.4 is 10.2 Å². The molecule has 0 amide bonds. The second-order valence-electron chi connectivity index (χ2n) is 4.83. The van der Waals surface area contributed by atoms with Crippen LogP contribution >= 0.6 is 11.3 Å². The molecule has 96 valence electrons. The first-order valence-corrected chi connectivity index (χ1v) is 6.94. The molecule has 4 nitrogen and oxygen atoms in total. The molecule has 0 spiro atoms. The molecule has 1 aliphatic rings. The van der Waals surface area contributed by atoms with Crippen LogP contribution in [0.2, 0.25) is 0 Å². The van der Waals surface area contributed by atoms with Crippen molar-refractivity contribution in [3.05, 3.63) is 11.1 Å². The largest absolute Gasteiger partial charge is 0.377 e. The number of hydrogen-bond donors (Lipinski definition) is 1. The monoisotopic (exact) mass is 255 g/mol. The fourth-order valence-corrected chi connectivity index (χ4v) is 3.09. The van der Waals surface area contributed by atoms with Crippen molar-refractivity contribution in [1.82, 2.24) is 10.3 Å². The molecule has 2 heterocycles. The zero-order valence-corrected chi connectivity index (χ0v) is 11.6. The van der Waals surface area contributed by atoms with Crippen LogP contribution in [0.1, 0.15) is 25.5 Å². The lowest BCUT2D eigenvalue weighted by atomic mass is 9.95. The first kappa shape index (κ1) is 12.8. The lowest BCUT2D eigenvalue weighted by Crippen LogP contribution is -2.47. The summed E-state index contributed by atoms with van der Waals surface area (Å²) >= 11 is 1.73. The summed E-state index contributed by atoms with van der Waals surface area (Å²) in [4.78, 5) is 6.99. The van der Waals surface area contributed by atoms with E-state index in [2.05, 4.69) is 27.5 Å². The minimum Gasteiger partial charge on any atom is -0.377 e. The summed E-state index contributed by atoms with van der Waals surface area (Å²) in [5, 5.41) is 6.38. The van der Waals surface area contributed by atoms with E-state index >= 15 is 0 Å². The third-order valence-electron chi connectivity index (χ3n) is 3.32. The molecule has 1 aromatic rings. The highest BCUT2D eigenvalue weighted by Crippen LogP contribution is 2.29. The Bertz CT molecular complexity index is 368. The van der Waals surface area contributed by atoms with Crippen LogP contribution in [0.15, 0.2) is 5.38 Å². The number of rotatable bonds is 4. The Balaban J connectivity index is 2.05. The molecule has 2 rings (SSSR count). The SMILES string of the molecule is CNCc1csc(N2CCCC(C)(OC)C2)n1. The molecule has 1 atom stereocenters. The molecule has 1 aliphatic heterocycles. The van der Waals surface area contributed by atoms with E-state index in [4.69, 9.17) is 4.74 Å². The molecule has 0 radical (unpaired) electrons. The molecular weight excluding hydrogens is 234 g/mol. The van der Waals surface area contributed by atoms with Crippen molar-refractivity contribution >= 4 is 16.5 Å². The van der Waals surface area contributed by atoms with Crippen molar-refractivity contribution < 1.29 is 4.74 Å². The first-order valence-electron chi connectivity index (χ1n) is 6.06. The minimum absolute atomic E-state index is 0.0207. The summed E-state index contributed by atoms with van der Waals surface area (Å²) in [5.41, 5.74) is 1.10. The second-order valence-corrected chi connectivity index (χ2v) is 5.67. The van der Waals surface area contributed by atoms with Crippen molar-refractivity contribution in [2.45, 2.75) is 31.9 Å². The Labute approximate surface area is 107 Å². The zero-order chi connectivity index (χ0) is 12.3. The van der Waals surface area contributed by atoms with E-state index in [0.29, 0.717) is 0 Å². The topological polar surface area (TPSA) is 37.4 Å². The predicted molar refractivity (Wildman–Crippen MR) is 71.7 cm³/mol. The van der Waals surface area contributed by atoms with Crippen LogP contribution in [0.4, 0.5) is 5.13 Å². The number of methoxy groups -OCH3 is 1. The number of hydrogen-bond acceptors (Lipinski definition) is 5. The molecular formula is C12H21N3OS. The van der Waals surface area contributed by atoms with Gasteiger partial charge in [-0.3, -0.25) is 0 Å². The summed E-state index contributed by atoms with van der Waals surface area (Å²) in [6.45, 7) is 5.05. The Morgan fingerprint density at radius 3 is 3.18 bits per heavy atom. The molecule has 1 unspecified atom stereocenters. The van der Waals surface area contributed by atoms with Gasteiger partial charge >= 0.3 is 0 Å². The number of nitrogens with zero attached hydrogens (tertiary/aromatic N) is 2. The fourth-order valence-electron chi connectivity index (χ4n) is 2.24. The summed E-state index contributed by atoms with van der Waals surface area (Å²) in [5.74, 6) is 0. The maximum Gasteiger partial charge on any atom is 0.185 e. The van der Waals surface area contributed by atoms with Gasteiger partial charge < -0.3 is 15.0 Å². The van der Waals surface area contributed by atoms with Crippen molar-refractivity contribution in [3.8, 4) is 0 Å². The second kappa shape index (κ2) is 5.33. The highest BCUT2D eigenvalue weighted by atomic mass is 32.1. The van der Waals surface area contributed by atoms with E-state index in [1.165, 1.54) is 6.42 Å². The van der Waals surface area contributed by atoms with Crippen molar-refractivity contribution in [2.24, 2.45) is 0 Å². The number of nitrogens with one attached hydrogen (secondary N) is 1. The molecule has 17 heavy (non-hydrogen) atoms. The third-order valence-corrected chi connectivity index (χ3v) is 4.27. The quantitative estimate of drug-likeness (QED) is 0.891. The molecule has 5 heteroatoms. The van der Waals surface area contributed by atoms with Gasteiger partial charge in [-0.25, -0.2) is 4.98 Å². The van der Waals surface area contributed by atoms with Crippen molar-refractivity contribution in [1.29, 1.82) is 0 Å². The number of ether oxygens (including phenoxy) is 1. The Morgan fingerprint density at radius 2 is 2.47 bits per heavy atom. The van der Waals surface area contributed by atoms with Gasteiger partial charge in [0.05, 0.1) is 11.3 Å². The molecule has 0 aromatic carbocycles. The van der Waals surface area contributed by atoms with E-state index in [0.717, 1.165) is 36.9 Å². The van der Waals surface area contributed by atoms with Gasteiger partial charge in [0.15, 0.2) is 5.13 Å². The smallest absolute Gasteiger partial charge is 0.185 e. The lowest BCUT2D eigenvalue weighted by Gasteiger charge is -2.39. The predicted octanol–water partition coefficient (Wildman–Crippen LogP) is 1.87. The summed E-state index contributed by atoms with van der Waals surface area (Å²) in [6, 6.07) is 0. The molecule has 0 saturated carbocycles. The van der Waals surface area contributed by atoms with E-state index in [1.54, 1.807) is 18.4 Å². The first-order chi connectivity index (χ1) is 8.17. The van der Waals surface area contributed by atoms with Gasteiger partial charge in [-0.05, 0) is 26.8 Å². The Kier molecular flexibility index (Phi) is 4.01. The molecule has 1 fully saturated rings. The average Bonchev–Trinajstić information content (AvgIpc) is 2.78. The van der Waals surface area contributed by atoms with E-state index in [9.17, 15) is 0 Å². The Hall–Kier alpha value is -0.650. The number of piperidine rings is 1. The van der Waals surface area contributed by atoms with Gasteiger partial charge in [0.1, 0.15) is 0 Å². The van der Waals surface area contributed by atoms with Crippen LogP contribution in [0, 0.1) is 0 Å². The normalized spacial score (nSPS) is 25.2. The minimum atomic E-state index is -0.0207. The van der Waals surface area contributed by atoms with Crippen LogP contribution in [0.5, 0.6) is 0 Å². The molecule has 0 bridgehead atoms. The lowest BCUT2D eigenvalue weighted by molar-refractivity contribution is -0.00466. The highest BCUT2D eigenvalue weighted by Gasteiger charge is 2.31. The summed E-state index contributed by atoms with van der Waals surface area (Å²) < 4.78 is 5.61. The molecule has 1 N–H and O–H groups in total. The average molecular weight is 255 g/mol. The standard InChI is InChI=1S/C12H21N3OS/c1-12(16-3)5-4-6-15(9-12)11-14-10(7-13-2)8-17-11/h8,13H,4-7,9H2,1-3H3. The van der Waals surface area contributed by atoms with Crippen LogP contribution in [-0.4, -0.2) is 37.8 Å². The van der Waals surface area contributed by atoms with Crippen LogP contribution in [-0.2, 0) is 11.3 Å². The maximum absolute atomic E-state index is 5.61. The van der Waals surface area contributed by atoms with Crippen molar-refractivity contribution in [3.63, 3.8) is 0 Å². The molecule has 0 aliphatic carbocycles. The third kappa shape index (κ3) is 2.97. The van der Waals surface area contributed by atoms with Gasteiger partial charge in [0, 0.05) is 32.1 Å². The number of aromatic nitrogens is 1. The van der Waals surface area contributed by atoms with E-state index in [1.807, 2.05) is 7.05 Å². The summed E-state index contributed by atoms with van der Waals surface area (Å²) in [6.07, 6.45) is 2.31. The van der Waals surface area contributed by atoms with Gasteiger partial charge in [-0.15, -0.1) is 11.3 Å². The maximum atomic E-state index is 5.61.